The molecule has 5 rings (SSSR count). The van der Waals surface area contributed by atoms with E-state index in [4.69, 9.17) is 9.15 Å². The lowest BCUT2D eigenvalue weighted by Gasteiger charge is -2.26. The van der Waals surface area contributed by atoms with Crippen LogP contribution >= 0.6 is 0 Å². The second-order valence-electron chi connectivity index (χ2n) is 11.1. The lowest BCUT2D eigenvalue weighted by atomic mass is 9.99. The van der Waals surface area contributed by atoms with E-state index in [2.05, 4.69) is 15.6 Å². The summed E-state index contributed by atoms with van der Waals surface area (Å²) in [4.78, 5) is 31.6. The van der Waals surface area contributed by atoms with Crippen LogP contribution in [0.1, 0.15) is 36.3 Å². The fourth-order valence-electron chi connectivity index (χ4n) is 5.37. The first kappa shape index (κ1) is 31.2. The van der Waals surface area contributed by atoms with Crippen molar-refractivity contribution in [3.05, 3.63) is 95.9 Å². The molecule has 0 saturated carbocycles. The van der Waals surface area contributed by atoms with Gasteiger partial charge in [0, 0.05) is 31.6 Å². The monoisotopic (exact) mass is 619 g/mol. The van der Waals surface area contributed by atoms with Gasteiger partial charge in [0.25, 0.3) is 0 Å². The molecule has 3 aromatic carbocycles. The summed E-state index contributed by atoms with van der Waals surface area (Å²) in [7, 11) is -3.79. The fourth-order valence-corrected chi connectivity index (χ4v) is 6.93. The normalized spacial score (nSPS) is 15.5. The Kier molecular flexibility index (Phi) is 10.3. The Morgan fingerprint density at radius 1 is 0.932 bits per heavy atom. The summed E-state index contributed by atoms with van der Waals surface area (Å²) in [5.74, 6) is -1.61. The molecule has 4 aromatic rings. The zero-order chi connectivity index (χ0) is 30.9. The minimum Gasteiger partial charge on any atom is -0.508 e. The number of nitrogens with zero attached hydrogens (tertiary/aromatic N) is 1. The van der Waals surface area contributed by atoms with Gasteiger partial charge in [-0.05, 0) is 55.0 Å². The summed E-state index contributed by atoms with van der Waals surface area (Å²) in [5.41, 5.74) is 2.60. The van der Waals surface area contributed by atoms with Crippen molar-refractivity contribution in [3.8, 4) is 5.75 Å². The van der Waals surface area contributed by atoms with Crippen LogP contribution in [0, 0.1) is 5.92 Å². The third kappa shape index (κ3) is 8.67. The average molecular weight is 620 g/mol. The molecule has 1 unspecified atom stereocenters. The largest absolute Gasteiger partial charge is 0.508 e. The molecule has 11 heteroatoms. The van der Waals surface area contributed by atoms with Crippen LogP contribution in [0.5, 0.6) is 5.75 Å². The standard InChI is InChI=1S/C33H37N3O7S/c37-29-12-6-4-10-24(29)14-15-26(20-31-35-27-11-5-7-13-30(27)43-31)34-33(39)28(36-32(38)25-16-18-42-19-17-25)22-44(40,41)21-23-8-2-1-3-9-23/h1-13,25-26,28,37H,14-22H2,(H,34,39)(H,36,38)/t26?,28-/m0/s1. The number of hydrogen-bond donors (Lipinski definition) is 3. The quantitative estimate of drug-likeness (QED) is 0.205. The van der Waals surface area contributed by atoms with E-state index in [0.29, 0.717) is 67.0 Å². The molecular weight excluding hydrogens is 582 g/mol. The van der Waals surface area contributed by atoms with E-state index < -0.39 is 33.6 Å². The van der Waals surface area contributed by atoms with Crippen molar-refractivity contribution in [1.29, 1.82) is 0 Å². The molecule has 2 atom stereocenters. The predicted octanol–water partition coefficient (Wildman–Crippen LogP) is 3.72. The zero-order valence-corrected chi connectivity index (χ0v) is 25.2. The zero-order valence-electron chi connectivity index (χ0n) is 24.4. The molecule has 3 N–H and O–H groups in total. The van der Waals surface area contributed by atoms with Gasteiger partial charge in [0.15, 0.2) is 21.3 Å². The number of hydrogen-bond acceptors (Lipinski definition) is 8. The number of aromatic hydroxyl groups is 1. The lowest BCUT2D eigenvalue weighted by Crippen LogP contribution is -2.54. The number of aromatic nitrogens is 1. The van der Waals surface area contributed by atoms with Gasteiger partial charge in [-0.2, -0.15) is 0 Å². The highest BCUT2D eigenvalue weighted by Crippen LogP contribution is 2.21. The minimum absolute atomic E-state index is 0.146. The maximum Gasteiger partial charge on any atom is 0.243 e. The number of para-hydroxylation sites is 3. The van der Waals surface area contributed by atoms with Crippen LogP contribution in [0.4, 0.5) is 0 Å². The second kappa shape index (κ2) is 14.5. The molecule has 2 amide bonds. The number of oxazole rings is 1. The summed E-state index contributed by atoms with van der Waals surface area (Å²) < 4.78 is 37.9. The molecule has 10 nitrogen and oxygen atoms in total. The molecule has 1 aliphatic rings. The Morgan fingerprint density at radius 2 is 1.64 bits per heavy atom. The first-order chi connectivity index (χ1) is 21.3. The number of amides is 2. The van der Waals surface area contributed by atoms with Crippen LogP contribution in [0.15, 0.2) is 83.3 Å². The number of phenols is 1. The summed E-state index contributed by atoms with van der Waals surface area (Å²) in [6.45, 7) is 0.861. The first-order valence-corrected chi connectivity index (χ1v) is 16.6. The van der Waals surface area contributed by atoms with E-state index in [-0.39, 0.29) is 29.7 Å². The summed E-state index contributed by atoms with van der Waals surface area (Å²) >= 11 is 0. The van der Waals surface area contributed by atoms with Gasteiger partial charge in [-0.3, -0.25) is 9.59 Å². The molecule has 44 heavy (non-hydrogen) atoms. The Morgan fingerprint density at radius 3 is 2.39 bits per heavy atom. The topological polar surface area (TPSA) is 148 Å². The molecule has 1 aromatic heterocycles. The number of benzene rings is 3. The van der Waals surface area contributed by atoms with Gasteiger partial charge in [0.2, 0.25) is 11.8 Å². The molecular formula is C33H37N3O7S. The van der Waals surface area contributed by atoms with Gasteiger partial charge in [-0.15, -0.1) is 0 Å². The number of rotatable bonds is 13. The Labute approximate surface area is 256 Å². The van der Waals surface area contributed by atoms with Crippen LogP contribution in [-0.4, -0.2) is 61.4 Å². The van der Waals surface area contributed by atoms with Crippen molar-refractivity contribution in [1.82, 2.24) is 15.6 Å². The number of fused-ring (bicyclic) bond motifs is 1. The summed E-state index contributed by atoms with van der Waals surface area (Å²) in [5, 5.41) is 16.0. The summed E-state index contributed by atoms with van der Waals surface area (Å²) in [6, 6.07) is 21.2. The molecule has 0 radical (unpaired) electrons. The lowest BCUT2D eigenvalue weighted by molar-refractivity contribution is -0.132. The second-order valence-corrected chi connectivity index (χ2v) is 13.2. The molecule has 1 saturated heterocycles. The SMILES string of the molecule is O=C(N[C@@H](CS(=O)(=O)Cc1ccccc1)C(=O)NC(CCc1ccccc1O)Cc1nc2ccccc2o1)C1CCOCC1. The Hall–Kier alpha value is -4.22. The summed E-state index contributed by atoms with van der Waals surface area (Å²) in [6.07, 6.45) is 2.06. The number of ether oxygens (including phenoxy) is 1. The fraction of sp³-hybridized carbons (Fsp3) is 0.364. The highest BCUT2D eigenvalue weighted by atomic mass is 32.2. The van der Waals surface area contributed by atoms with Crippen molar-refractivity contribution < 1.29 is 32.3 Å². The maximum absolute atomic E-state index is 13.8. The number of carbonyl (C=O) groups is 2. The van der Waals surface area contributed by atoms with Crippen LogP contribution in [0.3, 0.4) is 0 Å². The van der Waals surface area contributed by atoms with Crippen molar-refractivity contribution in [2.75, 3.05) is 19.0 Å². The van der Waals surface area contributed by atoms with Crippen LogP contribution < -0.4 is 10.6 Å². The van der Waals surface area contributed by atoms with E-state index >= 15 is 0 Å². The van der Waals surface area contributed by atoms with Gasteiger partial charge in [0.05, 0.1) is 11.5 Å². The van der Waals surface area contributed by atoms with Gasteiger partial charge < -0.3 is 24.9 Å². The van der Waals surface area contributed by atoms with Crippen LogP contribution in [0.2, 0.25) is 0 Å². The first-order valence-electron chi connectivity index (χ1n) is 14.8. The number of phenolic OH excluding ortho intramolecular Hbond substituents is 1. The Balaban J connectivity index is 1.36. The third-order valence-electron chi connectivity index (χ3n) is 7.73. The smallest absolute Gasteiger partial charge is 0.243 e. The molecule has 2 heterocycles. The molecule has 0 bridgehead atoms. The molecule has 0 spiro atoms. The van der Waals surface area contributed by atoms with Crippen LogP contribution in [0.25, 0.3) is 11.1 Å². The van der Waals surface area contributed by atoms with Gasteiger partial charge in [0.1, 0.15) is 17.3 Å². The van der Waals surface area contributed by atoms with Crippen molar-refractivity contribution in [2.45, 2.75) is 49.9 Å². The van der Waals surface area contributed by atoms with Gasteiger partial charge in [-0.25, -0.2) is 13.4 Å². The average Bonchev–Trinajstić information content (AvgIpc) is 3.43. The predicted molar refractivity (Wildman–Crippen MR) is 165 cm³/mol. The third-order valence-corrected chi connectivity index (χ3v) is 9.35. The highest BCUT2D eigenvalue weighted by Gasteiger charge is 2.32. The minimum atomic E-state index is -3.79. The molecule has 232 valence electrons. The number of carbonyl (C=O) groups excluding carboxylic acids is 2. The van der Waals surface area contributed by atoms with Crippen molar-refractivity contribution >= 4 is 32.8 Å². The van der Waals surface area contributed by atoms with Gasteiger partial charge >= 0.3 is 0 Å². The van der Waals surface area contributed by atoms with E-state index in [1.807, 2.05) is 24.3 Å². The molecule has 1 aliphatic heterocycles. The Bertz CT molecular complexity index is 1630. The number of sulfone groups is 1. The molecule has 0 aliphatic carbocycles. The number of aryl methyl sites for hydroxylation is 1. The van der Waals surface area contributed by atoms with E-state index in [1.165, 1.54) is 0 Å². The van der Waals surface area contributed by atoms with E-state index in [0.717, 1.165) is 0 Å². The molecule has 1 fully saturated rings. The maximum atomic E-state index is 13.8. The van der Waals surface area contributed by atoms with Crippen molar-refractivity contribution in [2.24, 2.45) is 5.92 Å². The number of nitrogens with one attached hydrogen (secondary N) is 2. The highest BCUT2D eigenvalue weighted by molar-refractivity contribution is 7.90. The van der Waals surface area contributed by atoms with Crippen LogP contribution in [-0.2, 0) is 42.8 Å². The van der Waals surface area contributed by atoms with E-state index in [1.54, 1.807) is 54.6 Å². The van der Waals surface area contributed by atoms with E-state index in [9.17, 15) is 23.1 Å². The van der Waals surface area contributed by atoms with Crippen molar-refractivity contribution in [3.63, 3.8) is 0 Å². The van der Waals surface area contributed by atoms with Gasteiger partial charge in [-0.1, -0.05) is 60.7 Å².